The number of aromatic nitrogens is 1. The highest BCUT2D eigenvalue weighted by molar-refractivity contribution is 5.92. The third-order valence-electron chi connectivity index (χ3n) is 5.17. The highest BCUT2D eigenvalue weighted by Gasteiger charge is 2.11. The lowest BCUT2D eigenvalue weighted by molar-refractivity contribution is -0.115. The molecule has 4 rings (SSSR count). The number of carbonyl (C=O) groups is 1. The number of rotatable bonds is 6. The van der Waals surface area contributed by atoms with Gasteiger partial charge in [0.2, 0.25) is 5.91 Å². The van der Waals surface area contributed by atoms with Gasteiger partial charge in [0, 0.05) is 49.0 Å². The average Bonchev–Trinajstić information content (AvgIpc) is 2.75. The molecule has 0 atom stereocenters. The first-order chi connectivity index (χ1) is 13.8. The number of fused-ring (bicyclic) bond motifs is 1. The smallest absolute Gasteiger partial charge is 0.226 e. The number of anilines is 3. The summed E-state index contributed by atoms with van der Waals surface area (Å²) in [6.45, 7) is 2.81. The summed E-state index contributed by atoms with van der Waals surface area (Å²) in [5.41, 5.74) is 3.97. The summed E-state index contributed by atoms with van der Waals surface area (Å²) in [5, 5.41) is 7.40. The largest absolute Gasteiger partial charge is 0.383 e. The number of amides is 1. The Hall–Kier alpha value is -3.08. The highest BCUT2D eigenvalue weighted by atomic mass is 16.1. The van der Waals surface area contributed by atoms with E-state index in [9.17, 15) is 4.79 Å². The normalized spacial score (nSPS) is 14.1. The van der Waals surface area contributed by atoms with Gasteiger partial charge in [-0.2, -0.15) is 0 Å². The van der Waals surface area contributed by atoms with Crippen molar-refractivity contribution in [2.24, 2.45) is 0 Å². The van der Waals surface area contributed by atoms with Crippen molar-refractivity contribution in [3.8, 4) is 0 Å². The van der Waals surface area contributed by atoms with Crippen molar-refractivity contribution in [2.75, 3.05) is 35.2 Å². The van der Waals surface area contributed by atoms with Crippen LogP contribution in [0.25, 0.3) is 10.9 Å². The summed E-state index contributed by atoms with van der Waals surface area (Å²) in [6.07, 6.45) is 6.04. The quantitative estimate of drug-likeness (QED) is 0.658. The summed E-state index contributed by atoms with van der Waals surface area (Å²) in [4.78, 5) is 19.1. The lowest BCUT2D eigenvalue weighted by Crippen LogP contribution is -2.29. The number of hydrogen-bond donors (Lipinski definition) is 2. The van der Waals surface area contributed by atoms with Crippen LogP contribution in [0.4, 0.5) is 17.1 Å². The van der Waals surface area contributed by atoms with Gasteiger partial charge in [0.25, 0.3) is 0 Å². The molecule has 0 unspecified atom stereocenters. The second-order valence-corrected chi connectivity index (χ2v) is 7.20. The Morgan fingerprint density at radius 2 is 1.75 bits per heavy atom. The second-order valence-electron chi connectivity index (χ2n) is 7.20. The fourth-order valence-corrected chi connectivity index (χ4v) is 3.69. The fraction of sp³-hybridized carbons (Fsp3) is 0.304. The Kier molecular flexibility index (Phi) is 5.71. The molecule has 1 aromatic heterocycles. The van der Waals surface area contributed by atoms with Gasteiger partial charge in [0.05, 0.1) is 11.2 Å². The van der Waals surface area contributed by atoms with Crippen molar-refractivity contribution in [1.82, 2.24) is 4.98 Å². The van der Waals surface area contributed by atoms with Crippen LogP contribution in [0, 0.1) is 0 Å². The van der Waals surface area contributed by atoms with Crippen molar-refractivity contribution in [3.05, 3.63) is 60.8 Å². The second kappa shape index (κ2) is 8.74. The van der Waals surface area contributed by atoms with E-state index >= 15 is 0 Å². The van der Waals surface area contributed by atoms with Crippen LogP contribution < -0.4 is 15.5 Å². The molecule has 5 heteroatoms. The molecule has 2 N–H and O–H groups in total. The number of hydrogen-bond acceptors (Lipinski definition) is 4. The average molecular weight is 374 g/mol. The minimum atomic E-state index is 0.00594. The number of nitrogens with one attached hydrogen (secondary N) is 2. The first-order valence-electron chi connectivity index (χ1n) is 10.0. The van der Waals surface area contributed by atoms with E-state index in [1.165, 1.54) is 24.9 Å². The van der Waals surface area contributed by atoms with E-state index in [2.05, 4.69) is 32.7 Å². The molecule has 144 valence electrons. The van der Waals surface area contributed by atoms with E-state index in [-0.39, 0.29) is 5.91 Å². The van der Waals surface area contributed by atoms with E-state index in [0.29, 0.717) is 13.0 Å². The third kappa shape index (κ3) is 4.42. The van der Waals surface area contributed by atoms with Crippen LogP contribution in [-0.4, -0.2) is 30.5 Å². The number of para-hydroxylation sites is 1. The highest BCUT2D eigenvalue weighted by Crippen LogP contribution is 2.22. The fourth-order valence-electron chi connectivity index (χ4n) is 3.69. The molecule has 2 heterocycles. The third-order valence-corrected chi connectivity index (χ3v) is 5.17. The molecule has 3 aromatic rings. The Morgan fingerprint density at radius 1 is 0.964 bits per heavy atom. The Balaban J connectivity index is 1.28. The zero-order valence-corrected chi connectivity index (χ0v) is 16.0. The monoisotopic (exact) mass is 374 g/mol. The molecule has 1 aliphatic rings. The standard InChI is InChI=1S/C23H26N4O/c28-22(13-15-24-21-8-4-6-18-7-5-14-25-23(18)21)26-19-9-11-20(12-10-19)27-16-2-1-3-17-27/h4-12,14,24H,1-3,13,15-17H2,(H,26,28). The molecule has 0 radical (unpaired) electrons. The van der Waals surface area contributed by atoms with Crippen LogP contribution in [0.2, 0.25) is 0 Å². The van der Waals surface area contributed by atoms with Gasteiger partial charge in [-0.1, -0.05) is 18.2 Å². The zero-order chi connectivity index (χ0) is 19.2. The van der Waals surface area contributed by atoms with Crippen molar-refractivity contribution in [2.45, 2.75) is 25.7 Å². The van der Waals surface area contributed by atoms with E-state index in [1.54, 1.807) is 6.20 Å². The molecule has 1 fully saturated rings. The Morgan fingerprint density at radius 3 is 2.57 bits per heavy atom. The predicted octanol–water partition coefficient (Wildman–Crippen LogP) is 4.67. The van der Waals surface area contributed by atoms with Crippen LogP contribution in [0.5, 0.6) is 0 Å². The van der Waals surface area contributed by atoms with Crippen molar-refractivity contribution in [3.63, 3.8) is 0 Å². The summed E-state index contributed by atoms with van der Waals surface area (Å²) in [6, 6.07) is 18.2. The maximum absolute atomic E-state index is 12.3. The minimum Gasteiger partial charge on any atom is -0.383 e. The lowest BCUT2D eigenvalue weighted by Gasteiger charge is -2.28. The van der Waals surface area contributed by atoms with Crippen LogP contribution in [0.3, 0.4) is 0 Å². The van der Waals surface area contributed by atoms with Crippen molar-refractivity contribution >= 4 is 33.9 Å². The molecule has 1 amide bonds. The van der Waals surface area contributed by atoms with Gasteiger partial charge in [0.1, 0.15) is 0 Å². The minimum absolute atomic E-state index is 0.00594. The Labute approximate surface area is 165 Å². The lowest BCUT2D eigenvalue weighted by atomic mass is 10.1. The molecule has 28 heavy (non-hydrogen) atoms. The molecule has 5 nitrogen and oxygen atoms in total. The SMILES string of the molecule is O=C(CCNc1cccc2cccnc12)Nc1ccc(N2CCCCC2)cc1. The molecule has 0 bridgehead atoms. The van der Waals surface area contributed by atoms with Crippen molar-refractivity contribution < 1.29 is 4.79 Å². The van der Waals surface area contributed by atoms with Gasteiger partial charge in [-0.15, -0.1) is 0 Å². The van der Waals surface area contributed by atoms with Crippen LogP contribution in [0.1, 0.15) is 25.7 Å². The van der Waals surface area contributed by atoms with Crippen LogP contribution >= 0.6 is 0 Å². The van der Waals surface area contributed by atoms with E-state index in [0.717, 1.165) is 35.4 Å². The summed E-state index contributed by atoms with van der Waals surface area (Å²) in [5.74, 6) is 0.00594. The molecular weight excluding hydrogens is 348 g/mol. The molecule has 1 aliphatic heterocycles. The van der Waals surface area contributed by atoms with Crippen molar-refractivity contribution in [1.29, 1.82) is 0 Å². The zero-order valence-electron chi connectivity index (χ0n) is 16.0. The molecule has 2 aromatic carbocycles. The van der Waals surface area contributed by atoms with Gasteiger partial charge in [-0.3, -0.25) is 9.78 Å². The van der Waals surface area contributed by atoms with E-state index < -0.39 is 0 Å². The molecule has 0 aliphatic carbocycles. The topological polar surface area (TPSA) is 57.3 Å². The summed E-state index contributed by atoms with van der Waals surface area (Å²) in [7, 11) is 0. The Bertz CT molecular complexity index is 927. The van der Waals surface area contributed by atoms with Crippen LogP contribution in [0.15, 0.2) is 60.8 Å². The van der Waals surface area contributed by atoms with Gasteiger partial charge >= 0.3 is 0 Å². The summed E-state index contributed by atoms with van der Waals surface area (Å²) >= 11 is 0. The summed E-state index contributed by atoms with van der Waals surface area (Å²) < 4.78 is 0. The predicted molar refractivity (Wildman–Crippen MR) is 116 cm³/mol. The maximum atomic E-state index is 12.3. The van der Waals surface area contributed by atoms with E-state index in [1.807, 2.05) is 42.5 Å². The maximum Gasteiger partial charge on any atom is 0.226 e. The van der Waals surface area contributed by atoms with Crippen LogP contribution in [-0.2, 0) is 4.79 Å². The van der Waals surface area contributed by atoms with Gasteiger partial charge < -0.3 is 15.5 Å². The number of carbonyl (C=O) groups excluding carboxylic acids is 1. The molecule has 1 saturated heterocycles. The van der Waals surface area contributed by atoms with Gasteiger partial charge in [-0.25, -0.2) is 0 Å². The number of piperidine rings is 1. The first kappa shape index (κ1) is 18.3. The molecule has 0 saturated carbocycles. The number of benzene rings is 2. The number of pyridine rings is 1. The van der Waals surface area contributed by atoms with Gasteiger partial charge in [-0.05, 0) is 55.7 Å². The van der Waals surface area contributed by atoms with Gasteiger partial charge in [0.15, 0.2) is 0 Å². The van der Waals surface area contributed by atoms with E-state index in [4.69, 9.17) is 0 Å². The molecule has 0 spiro atoms. The number of nitrogens with zero attached hydrogens (tertiary/aromatic N) is 2. The molecular formula is C23H26N4O. The first-order valence-corrected chi connectivity index (χ1v) is 10.0.